The summed E-state index contributed by atoms with van der Waals surface area (Å²) >= 11 is 12.2. The number of benzene rings is 1. The van der Waals surface area contributed by atoms with Crippen LogP contribution in [0.3, 0.4) is 0 Å². The first-order valence-electron chi connectivity index (χ1n) is 6.72. The van der Waals surface area contributed by atoms with Gasteiger partial charge in [0, 0.05) is 16.5 Å². The van der Waals surface area contributed by atoms with Crippen LogP contribution in [0.25, 0.3) is 0 Å². The predicted octanol–water partition coefficient (Wildman–Crippen LogP) is 3.97. The van der Waals surface area contributed by atoms with E-state index >= 15 is 0 Å². The quantitative estimate of drug-likeness (QED) is 0.606. The molecule has 0 aromatic heterocycles. The van der Waals surface area contributed by atoms with Crippen LogP contribution in [0.1, 0.15) is 32.3 Å². The molecular formula is C15H18Cl2O4. The van der Waals surface area contributed by atoms with Crippen LogP contribution in [0.2, 0.25) is 10.0 Å². The van der Waals surface area contributed by atoms with Crippen molar-refractivity contribution < 1.29 is 19.4 Å². The summed E-state index contributed by atoms with van der Waals surface area (Å²) in [7, 11) is 0. The zero-order chi connectivity index (χ0) is 16.0. The van der Waals surface area contributed by atoms with Crippen molar-refractivity contribution in [2.75, 3.05) is 6.61 Å². The maximum atomic E-state index is 12.2. The number of halogens is 2. The molecule has 0 spiro atoms. The predicted molar refractivity (Wildman–Crippen MR) is 81.8 cm³/mol. The van der Waals surface area contributed by atoms with Crippen molar-refractivity contribution in [3.63, 3.8) is 0 Å². The lowest BCUT2D eigenvalue weighted by atomic mass is 9.77. The van der Waals surface area contributed by atoms with Gasteiger partial charge in [-0.3, -0.25) is 9.59 Å². The number of ether oxygens (including phenoxy) is 1. The fourth-order valence-corrected chi connectivity index (χ4v) is 2.76. The first-order chi connectivity index (χ1) is 9.89. The van der Waals surface area contributed by atoms with Crippen LogP contribution in [0.4, 0.5) is 0 Å². The molecule has 1 aromatic carbocycles. The highest BCUT2D eigenvalue weighted by atomic mass is 35.5. The summed E-state index contributed by atoms with van der Waals surface area (Å²) in [6.45, 7) is 3.57. The van der Waals surface area contributed by atoms with E-state index in [9.17, 15) is 14.7 Å². The van der Waals surface area contributed by atoms with Gasteiger partial charge in [-0.05, 0) is 31.0 Å². The van der Waals surface area contributed by atoms with E-state index in [1.807, 2.05) is 6.92 Å². The number of hydrogen-bond acceptors (Lipinski definition) is 3. The lowest BCUT2D eigenvalue weighted by molar-refractivity contribution is -0.169. The van der Waals surface area contributed by atoms with Crippen LogP contribution >= 0.6 is 23.2 Å². The third-order valence-corrected chi connectivity index (χ3v) is 4.00. The number of esters is 1. The average Bonchev–Trinajstić information content (AvgIpc) is 2.41. The zero-order valence-corrected chi connectivity index (χ0v) is 13.5. The fourth-order valence-electron chi connectivity index (χ4n) is 2.23. The standard InChI is InChI=1S/C15H18Cl2O4/c1-3-8-15(13(18)19,14(20)21-4-2)9-10-11(16)6-5-7-12(10)17/h5-7H,3-4,8-9H2,1-2H3,(H,18,19). The van der Waals surface area contributed by atoms with Crippen molar-refractivity contribution in [2.45, 2.75) is 33.1 Å². The van der Waals surface area contributed by atoms with Crippen LogP contribution in [-0.4, -0.2) is 23.7 Å². The second kappa shape index (κ2) is 7.66. The Morgan fingerprint density at radius 2 is 1.81 bits per heavy atom. The first-order valence-corrected chi connectivity index (χ1v) is 7.48. The van der Waals surface area contributed by atoms with Crippen LogP contribution < -0.4 is 0 Å². The molecule has 1 unspecified atom stereocenters. The Bertz CT molecular complexity index is 510. The summed E-state index contributed by atoms with van der Waals surface area (Å²) in [5.41, 5.74) is -1.22. The largest absolute Gasteiger partial charge is 0.480 e. The number of carboxylic acid groups (broad SMARTS) is 1. The Balaban J connectivity index is 3.30. The van der Waals surface area contributed by atoms with Gasteiger partial charge in [-0.1, -0.05) is 42.6 Å². The van der Waals surface area contributed by atoms with Gasteiger partial charge in [0.05, 0.1) is 6.61 Å². The highest BCUT2D eigenvalue weighted by molar-refractivity contribution is 6.36. The molecule has 0 saturated heterocycles. The number of carbonyl (C=O) groups excluding carboxylic acids is 1. The van der Waals surface area contributed by atoms with E-state index in [1.54, 1.807) is 25.1 Å². The molecular weight excluding hydrogens is 315 g/mol. The number of hydrogen-bond donors (Lipinski definition) is 1. The number of carboxylic acids is 1. The Kier molecular flexibility index (Phi) is 6.49. The molecule has 0 radical (unpaired) electrons. The minimum absolute atomic E-state index is 0.0898. The van der Waals surface area contributed by atoms with Crippen molar-refractivity contribution >= 4 is 35.1 Å². The monoisotopic (exact) mass is 332 g/mol. The molecule has 4 nitrogen and oxygen atoms in total. The minimum atomic E-state index is -1.67. The molecule has 1 aromatic rings. The van der Waals surface area contributed by atoms with Gasteiger partial charge < -0.3 is 9.84 Å². The summed E-state index contributed by atoms with van der Waals surface area (Å²) in [6, 6.07) is 4.90. The van der Waals surface area contributed by atoms with Crippen LogP contribution in [-0.2, 0) is 20.7 Å². The maximum Gasteiger partial charge on any atom is 0.323 e. The summed E-state index contributed by atoms with van der Waals surface area (Å²) in [6.07, 6.45) is 0.587. The van der Waals surface area contributed by atoms with E-state index in [1.165, 1.54) is 0 Å². The molecule has 116 valence electrons. The molecule has 0 aliphatic heterocycles. The second-order valence-electron chi connectivity index (χ2n) is 4.73. The lowest BCUT2D eigenvalue weighted by Crippen LogP contribution is -2.42. The summed E-state index contributed by atoms with van der Waals surface area (Å²) < 4.78 is 4.97. The van der Waals surface area contributed by atoms with Gasteiger partial charge in [-0.2, -0.15) is 0 Å². The summed E-state index contributed by atoms with van der Waals surface area (Å²) in [5, 5.41) is 10.3. The Hall–Kier alpha value is -1.26. The summed E-state index contributed by atoms with van der Waals surface area (Å²) in [5.74, 6) is -1.98. The molecule has 1 N–H and O–H groups in total. The van der Waals surface area contributed by atoms with E-state index in [-0.39, 0.29) is 19.4 Å². The van der Waals surface area contributed by atoms with E-state index in [0.29, 0.717) is 22.0 Å². The van der Waals surface area contributed by atoms with Gasteiger partial charge in [0.15, 0.2) is 5.41 Å². The molecule has 0 bridgehead atoms. The normalized spacial score (nSPS) is 13.5. The number of carbonyl (C=O) groups is 2. The topological polar surface area (TPSA) is 63.6 Å². The Morgan fingerprint density at radius 1 is 1.24 bits per heavy atom. The Morgan fingerprint density at radius 3 is 2.24 bits per heavy atom. The van der Waals surface area contributed by atoms with E-state index in [2.05, 4.69) is 0 Å². The van der Waals surface area contributed by atoms with Crippen molar-refractivity contribution in [1.29, 1.82) is 0 Å². The maximum absolute atomic E-state index is 12.2. The smallest absolute Gasteiger partial charge is 0.323 e. The third kappa shape index (κ3) is 3.89. The molecule has 0 aliphatic rings. The molecule has 1 rings (SSSR count). The molecule has 0 amide bonds. The second-order valence-corrected chi connectivity index (χ2v) is 5.55. The van der Waals surface area contributed by atoms with Gasteiger partial charge in [0.1, 0.15) is 0 Å². The van der Waals surface area contributed by atoms with Crippen molar-refractivity contribution in [1.82, 2.24) is 0 Å². The van der Waals surface area contributed by atoms with Gasteiger partial charge in [0.25, 0.3) is 0 Å². The molecule has 21 heavy (non-hydrogen) atoms. The zero-order valence-electron chi connectivity index (χ0n) is 12.0. The van der Waals surface area contributed by atoms with E-state index < -0.39 is 17.4 Å². The molecule has 0 saturated carbocycles. The van der Waals surface area contributed by atoms with Crippen LogP contribution in [0.5, 0.6) is 0 Å². The van der Waals surface area contributed by atoms with Crippen molar-refractivity contribution in [3.05, 3.63) is 33.8 Å². The number of aliphatic carboxylic acids is 1. The number of rotatable bonds is 7. The summed E-state index contributed by atoms with van der Waals surface area (Å²) in [4.78, 5) is 24.0. The highest BCUT2D eigenvalue weighted by Gasteiger charge is 2.47. The van der Waals surface area contributed by atoms with Gasteiger partial charge in [-0.25, -0.2) is 0 Å². The van der Waals surface area contributed by atoms with Gasteiger partial charge >= 0.3 is 11.9 Å². The molecule has 0 fully saturated rings. The van der Waals surface area contributed by atoms with Crippen molar-refractivity contribution in [3.8, 4) is 0 Å². The SMILES string of the molecule is CCCC(Cc1c(Cl)cccc1Cl)(C(=O)O)C(=O)OCC. The van der Waals surface area contributed by atoms with Gasteiger partial charge in [-0.15, -0.1) is 0 Å². The first kappa shape index (κ1) is 17.8. The molecule has 1 atom stereocenters. The molecule has 0 heterocycles. The highest BCUT2D eigenvalue weighted by Crippen LogP contribution is 2.36. The van der Waals surface area contributed by atoms with Crippen LogP contribution in [0, 0.1) is 5.41 Å². The van der Waals surface area contributed by atoms with Crippen molar-refractivity contribution in [2.24, 2.45) is 5.41 Å². The Labute approximate surface area is 134 Å². The minimum Gasteiger partial charge on any atom is -0.480 e. The fraction of sp³-hybridized carbons (Fsp3) is 0.467. The van der Waals surface area contributed by atoms with E-state index in [0.717, 1.165) is 0 Å². The van der Waals surface area contributed by atoms with Crippen LogP contribution in [0.15, 0.2) is 18.2 Å². The van der Waals surface area contributed by atoms with E-state index in [4.69, 9.17) is 27.9 Å². The van der Waals surface area contributed by atoms with Gasteiger partial charge in [0.2, 0.25) is 0 Å². The molecule has 0 aliphatic carbocycles. The lowest BCUT2D eigenvalue weighted by Gasteiger charge is -2.27. The third-order valence-electron chi connectivity index (χ3n) is 3.29. The average molecular weight is 333 g/mol. The molecule has 6 heteroatoms.